The number of benzene rings is 2. The van der Waals surface area contributed by atoms with Gasteiger partial charge in [0.15, 0.2) is 0 Å². The maximum absolute atomic E-state index is 13.1. The number of carbonyl (C=O) groups excluding carboxylic acids is 2. The van der Waals surface area contributed by atoms with Crippen LogP contribution in [0.2, 0.25) is 0 Å². The zero-order chi connectivity index (χ0) is 20.1. The Kier molecular flexibility index (Phi) is 7.82. The number of anilines is 1. The van der Waals surface area contributed by atoms with Crippen molar-refractivity contribution < 1.29 is 9.59 Å². The number of hydrogen-bond donors (Lipinski definition) is 3. The van der Waals surface area contributed by atoms with E-state index >= 15 is 0 Å². The summed E-state index contributed by atoms with van der Waals surface area (Å²) in [5.41, 5.74) is 9.77. The minimum absolute atomic E-state index is 0. The van der Waals surface area contributed by atoms with Gasteiger partial charge in [0.2, 0.25) is 5.91 Å². The number of nitrogens with one attached hydrogen (secondary N) is 2. The minimum Gasteiger partial charge on any atom is -0.351 e. The third kappa shape index (κ3) is 5.37. The molecule has 0 unspecified atom stereocenters. The molecule has 156 valence electrons. The van der Waals surface area contributed by atoms with Crippen molar-refractivity contribution in [3.05, 3.63) is 64.7 Å². The van der Waals surface area contributed by atoms with Gasteiger partial charge in [0.1, 0.15) is 0 Å². The first-order valence-electron chi connectivity index (χ1n) is 9.89. The Morgan fingerprint density at radius 3 is 2.24 bits per heavy atom. The summed E-state index contributed by atoms with van der Waals surface area (Å²) in [6.07, 6.45) is 3.58. The van der Waals surface area contributed by atoms with Gasteiger partial charge in [-0.3, -0.25) is 9.59 Å². The van der Waals surface area contributed by atoms with E-state index in [9.17, 15) is 9.59 Å². The van der Waals surface area contributed by atoms with Crippen LogP contribution in [0.5, 0.6) is 0 Å². The van der Waals surface area contributed by atoms with E-state index < -0.39 is 5.41 Å². The predicted octanol–water partition coefficient (Wildman–Crippen LogP) is 4.11. The summed E-state index contributed by atoms with van der Waals surface area (Å²) in [5.74, 6) is -0.166. The summed E-state index contributed by atoms with van der Waals surface area (Å²) in [4.78, 5) is 25.6. The molecule has 1 aliphatic carbocycles. The second-order valence-corrected chi connectivity index (χ2v) is 7.82. The molecule has 3 rings (SSSR count). The third-order valence-electron chi connectivity index (χ3n) is 5.85. The first-order valence-corrected chi connectivity index (χ1v) is 9.89. The van der Waals surface area contributed by atoms with Gasteiger partial charge in [-0.1, -0.05) is 31.0 Å². The van der Waals surface area contributed by atoms with Crippen LogP contribution < -0.4 is 16.4 Å². The van der Waals surface area contributed by atoms with E-state index in [0.29, 0.717) is 18.7 Å². The topological polar surface area (TPSA) is 84.2 Å². The van der Waals surface area contributed by atoms with E-state index in [1.54, 1.807) is 12.1 Å². The molecule has 5 nitrogen and oxygen atoms in total. The molecule has 1 fully saturated rings. The molecule has 0 radical (unpaired) electrons. The highest BCUT2D eigenvalue weighted by molar-refractivity contribution is 5.97. The molecule has 2 aromatic rings. The van der Waals surface area contributed by atoms with E-state index in [0.717, 1.165) is 42.5 Å². The number of nitrogens with two attached hydrogens (primary N) is 1. The number of rotatable bonds is 6. The van der Waals surface area contributed by atoms with Crippen molar-refractivity contribution in [3.8, 4) is 0 Å². The highest BCUT2D eigenvalue weighted by Crippen LogP contribution is 2.38. The maximum Gasteiger partial charge on any atom is 0.251 e. The van der Waals surface area contributed by atoms with Crippen molar-refractivity contribution in [1.29, 1.82) is 0 Å². The van der Waals surface area contributed by atoms with Crippen LogP contribution in [0.3, 0.4) is 0 Å². The molecule has 0 spiro atoms. The van der Waals surface area contributed by atoms with Crippen molar-refractivity contribution in [2.75, 3.05) is 11.9 Å². The number of amides is 2. The number of halogens is 1. The quantitative estimate of drug-likeness (QED) is 0.663. The van der Waals surface area contributed by atoms with Crippen molar-refractivity contribution in [2.45, 2.75) is 46.1 Å². The average Bonchev–Trinajstić information content (AvgIpc) is 3.19. The Hall–Kier alpha value is -2.37. The van der Waals surface area contributed by atoms with Crippen molar-refractivity contribution in [3.63, 3.8) is 0 Å². The smallest absolute Gasteiger partial charge is 0.251 e. The molecule has 0 bridgehead atoms. The summed E-state index contributed by atoms with van der Waals surface area (Å²) in [7, 11) is 0. The Morgan fingerprint density at radius 2 is 1.66 bits per heavy atom. The zero-order valence-corrected chi connectivity index (χ0v) is 17.9. The summed E-state index contributed by atoms with van der Waals surface area (Å²) >= 11 is 0. The molecule has 29 heavy (non-hydrogen) atoms. The fraction of sp³-hybridized carbons (Fsp3) is 0.391. The van der Waals surface area contributed by atoms with Crippen LogP contribution in [0.25, 0.3) is 0 Å². The lowest BCUT2D eigenvalue weighted by Gasteiger charge is -2.28. The minimum atomic E-state index is -0.550. The average molecular weight is 416 g/mol. The molecule has 4 N–H and O–H groups in total. The molecule has 0 saturated heterocycles. The summed E-state index contributed by atoms with van der Waals surface area (Å²) in [5, 5.41) is 6.04. The van der Waals surface area contributed by atoms with Crippen molar-refractivity contribution in [1.82, 2.24) is 5.32 Å². The molecule has 0 aliphatic heterocycles. The lowest BCUT2D eigenvalue weighted by Crippen LogP contribution is -2.44. The highest BCUT2D eigenvalue weighted by atomic mass is 35.5. The van der Waals surface area contributed by atoms with Gasteiger partial charge < -0.3 is 16.4 Å². The first kappa shape index (κ1) is 22.9. The molecular formula is C23H30ClN3O2. The van der Waals surface area contributed by atoms with Gasteiger partial charge in [-0.25, -0.2) is 0 Å². The van der Waals surface area contributed by atoms with Crippen LogP contribution in [0.4, 0.5) is 5.69 Å². The van der Waals surface area contributed by atoms with Crippen molar-refractivity contribution >= 4 is 29.9 Å². The van der Waals surface area contributed by atoms with Crippen LogP contribution in [-0.4, -0.2) is 18.4 Å². The molecule has 0 heterocycles. The summed E-state index contributed by atoms with van der Waals surface area (Å²) in [6.45, 7) is 4.88. The fourth-order valence-corrected chi connectivity index (χ4v) is 3.76. The molecule has 0 aromatic heterocycles. The van der Waals surface area contributed by atoms with Gasteiger partial charge in [0.05, 0.1) is 5.41 Å². The number of carbonyl (C=O) groups is 2. The van der Waals surface area contributed by atoms with E-state index in [1.165, 1.54) is 5.56 Å². The molecule has 2 aromatic carbocycles. The SMILES string of the molecule is Cc1ccc(NC(=O)C2(CNC(=O)c3ccc(CN)cc3)CCCC2)cc1C.Cl. The summed E-state index contributed by atoms with van der Waals surface area (Å²) in [6, 6.07) is 13.2. The van der Waals surface area contributed by atoms with Crippen molar-refractivity contribution in [2.24, 2.45) is 11.1 Å². The Labute approximate surface area is 178 Å². The second-order valence-electron chi connectivity index (χ2n) is 7.82. The van der Waals surface area contributed by atoms with E-state index in [2.05, 4.69) is 17.6 Å². The summed E-state index contributed by atoms with van der Waals surface area (Å²) < 4.78 is 0. The molecule has 0 atom stereocenters. The van der Waals surface area contributed by atoms with E-state index in [1.807, 2.05) is 37.3 Å². The second kappa shape index (κ2) is 9.90. The van der Waals surface area contributed by atoms with Gasteiger partial charge in [-0.2, -0.15) is 0 Å². The highest BCUT2D eigenvalue weighted by Gasteiger charge is 2.41. The van der Waals surface area contributed by atoms with Crippen LogP contribution in [-0.2, 0) is 11.3 Å². The fourth-order valence-electron chi connectivity index (χ4n) is 3.76. The molecule has 2 amide bonds. The van der Waals surface area contributed by atoms with E-state index in [-0.39, 0.29) is 24.2 Å². The van der Waals surface area contributed by atoms with Gasteiger partial charge in [0, 0.05) is 24.3 Å². The van der Waals surface area contributed by atoms with Gasteiger partial charge in [0.25, 0.3) is 5.91 Å². The molecular weight excluding hydrogens is 386 g/mol. The lowest BCUT2D eigenvalue weighted by molar-refractivity contribution is -0.125. The standard InChI is InChI=1S/C23H29N3O2.ClH/c1-16-5-10-20(13-17(16)2)26-22(28)23(11-3-4-12-23)15-25-21(27)19-8-6-18(14-24)7-9-19;/h5-10,13H,3-4,11-12,14-15,24H2,1-2H3,(H,25,27)(H,26,28);1H. The van der Waals surface area contributed by atoms with Gasteiger partial charge in [-0.05, 0) is 67.6 Å². The first-order chi connectivity index (χ1) is 13.4. The lowest BCUT2D eigenvalue weighted by atomic mass is 9.84. The van der Waals surface area contributed by atoms with Crippen LogP contribution in [0.15, 0.2) is 42.5 Å². The Balaban J connectivity index is 0.00000300. The number of hydrogen-bond acceptors (Lipinski definition) is 3. The monoisotopic (exact) mass is 415 g/mol. The predicted molar refractivity (Wildman–Crippen MR) is 119 cm³/mol. The molecule has 1 saturated carbocycles. The molecule has 1 aliphatic rings. The Bertz CT molecular complexity index is 859. The maximum atomic E-state index is 13.1. The van der Waals surface area contributed by atoms with Gasteiger partial charge >= 0.3 is 0 Å². The van der Waals surface area contributed by atoms with Crippen LogP contribution in [0.1, 0.15) is 52.7 Å². The largest absolute Gasteiger partial charge is 0.351 e. The molecule has 6 heteroatoms. The van der Waals surface area contributed by atoms with Crippen LogP contribution in [0, 0.1) is 19.3 Å². The normalized spacial score (nSPS) is 14.7. The number of aryl methyl sites for hydroxylation is 2. The zero-order valence-electron chi connectivity index (χ0n) is 17.1. The van der Waals surface area contributed by atoms with Crippen LogP contribution >= 0.6 is 12.4 Å². The third-order valence-corrected chi connectivity index (χ3v) is 5.85. The van der Waals surface area contributed by atoms with Gasteiger partial charge in [-0.15, -0.1) is 12.4 Å². The Morgan fingerprint density at radius 1 is 1.00 bits per heavy atom. The van der Waals surface area contributed by atoms with E-state index in [4.69, 9.17) is 5.73 Å².